The molecule has 1 fully saturated rings. The third kappa shape index (κ3) is 3.74. The first-order chi connectivity index (χ1) is 10.4. The van der Waals surface area contributed by atoms with E-state index in [-0.39, 0.29) is 17.0 Å². The van der Waals surface area contributed by atoms with Crippen LogP contribution in [0.3, 0.4) is 0 Å². The van der Waals surface area contributed by atoms with Gasteiger partial charge in [-0.15, -0.1) is 22.7 Å². The summed E-state index contributed by atoms with van der Waals surface area (Å²) in [7, 11) is 6.86. The van der Waals surface area contributed by atoms with Gasteiger partial charge in [-0.3, -0.25) is 0 Å². The van der Waals surface area contributed by atoms with Gasteiger partial charge in [-0.05, 0) is 54.5 Å². The zero-order valence-electron chi connectivity index (χ0n) is 14.0. The average molecular weight is 416 g/mol. The fourth-order valence-corrected chi connectivity index (χ4v) is 5.68. The standard InChI is InChI=1S/C18H26NOS2.BrH/c1-19(2,3)15-10-8-14(9-11-15)18(20,16-6-4-12-21-16)17-7-5-13-22-17;/h4-7,12-15,20H,8-11H2,1-3H3;1H/q+1;/p-1. The Morgan fingerprint density at radius 3 is 1.78 bits per heavy atom. The summed E-state index contributed by atoms with van der Waals surface area (Å²) in [5.41, 5.74) is -0.793. The summed E-state index contributed by atoms with van der Waals surface area (Å²) in [5.74, 6) is 0.326. The van der Waals surface area contributed by atoms with Crippen LogP contribution in [0.25, 0.3) is 0 Å². The Balaban J connectivity index is 0.00000192. The lowest BCUT2D eigenvalue weighted by Crippen LogP contribution is -3.00. The number of quaternary nitrogens is 1. The fraction of sp³-hybridized carbons (Fsp3) is 0.556. The normalized spacial score (nSPS) is 22.6. The highest BCUT2D eigenvalue weighted by atomic mass is 79.9. The summed E-state index contributed by atoms with van der Waals surface area (Å²) in [4.78, 5) is 2.20. The van der Waals surface area contributed by atoms with Gasteiger partial charge in [-0.25, -0.2) is 0 Å². The molecule has 2 aromatic heterocycles. The van der Waals surface area contributed by atoms with Crippen LogP contribution in [0.2, 0.25) is 0 Å². The molecule has 0 spiro atoms. The van der Waals surface area contributed by atoms with Gasteiger partial charge in [-0.1, -0.05) is 12.1 Å². The maximum Gasteiger partial charge on any atom is 0.136 e. The third-order valence-corrected chi connectivity index (χ3v) is 7.17. The van der Waals surface area contributed by atoms with E-state index >= 15 is 0 Å². The topological polar surface area (TPSA) is 20.2 Å². The number of nitrogens with zero attached hydrogens (tertiary/aromatic N) is 1. The van der Waals surface area contributed by atoms with Crippen molar-refractivity contribution in [3.8, 4) is 0 Å². The fourth-order valence-electron chi connectivity index (χ4n) is 3.78. The molecule has 0 aliphatic heterocycles. The van der Waals surface area contributed by atoms with Gasteiger partial charge in [0, 0.05) is 9.75 Å². The molecule has 1 aliphatic rings. The van der Waals surface area contributed by atoms with Crippen molar-refractivity contribution in [2.75, 3.05) is 21.1 Å². The van der Waals surface area contributed by atoms with E-state index in [1.165, 1.54) is 12.8 Å². The van der Waals surface area contributed by atoms with Gasteiger partial charge in [-0.2, -0.15) is 0 Å². The monoisotopic (exact) mass is 415 g/mol. The molecule has 2 nitrogen and oxygen atoms in total. The number of hydrogen-bond donors (Lipinski definition) is 1. The summed E-state index contributed by atoms with van der Waals surface area (Å²) in [6.45, 7) is 0. The lowest BCUT2D eigenvalue weighted by Gasteiger charge is -2.43. The first-order valence-corrected chi connectivity index (χ1v) is 9.79. The smallest absolute Gasteiger partial charge is 0.136 e. The van der Waals surface area contributed by atoms with E-state index in [9.17, 15) is 5.11 Å². The molecule has 128 valence electrons. The first-order valence-electron chi connectivity index (χ1n) is 8.04. The number of thiophene rings is 2. The predicted molar refractivity (Wildman–Crippen MR) is 95.4 cm³/mol. The van der Waals surface area contributed by atoms with E-state index in [0.717, 1.165) is 27.1 Å². The second kappa shape index (κ2) is 7.36. The maximum atomic E-state index is 11.7. The minimum Gasteiger partial charge on any atom is -1.00 e. The molecule has 2 heterocycles. The number of rotatable bonds is 4. The zero-order valence-corrected chi connectivity index (χ0v) is 17.3. The average Bonchev–Trinajstić information content (AvgIpc) is 3.19. The van der Waals surface area contributed by atoms with Crippen LogP contribution in [-0.4, -0.2) is 36.8 Å². The molecule has 0 bridgehead atoms. The van der Waals surface area contributed by atoms with Crippen molar-refractivity contribution in [2.45, 2.75) is 37.3 Å². The number of halogens is 1. The highest BCUT2D eigenvalue weighted by Crippen LogP contribution is 2.47. The van der Waals surface area contributed by atoms with Crippen molar-refractivity contribution in [3.63, 3.8) is 0 Å². The minimum absolute atomic E-state index is 0. The van der Waals surface area contributed by atoms with Gasteiger partial charge in [0.1, 0.15) is 5.60 Å². The van der Waals surface area contributed by atoms with Crippen LogP contribution in [0.5, 0.6) is 0 Å². The zero-order chi connectivity index (χ0) is 15.8. The van der Waals surface area contributed by atoms with Gasteiger partial charge < -0.3 is 26.6 Å². The van der Waals surface area contributed by atoms with E-state index in [2.05, 4.69) is 56.2 Å². The molecule has 2 aromatic rings. The van der Waals surface area contributed by atoms with Crippen LogP contribution < -0.4 is 17.0 Å². The minimum atomic E-state index is -0.793. The largest absolute Gasteiger partial charge is 1.00 e. The molecule has 3 rings (SSSR count). The van der Waals surface area contributed by atoms with Gasteiger partial charge >= 0.3 is 0 Å². The molecule has 0 saturated heterocycles. The molecule has 0 radical (unpaired) electrons. The van der Waals surface area contributed by atoms with Crippen molar-refractivity contribution < 1.29 is 26.6 Å². The van der Waals surface area contributed by atoms with Gasteiger partial charge in [0.25, 0.3) is 0 Å². The Morgan fingerprint density at radius 1 is 0.957 bits per heavy atom. The lowest BCUT2D eigenvalue weighted by atomic mass is 9.73. The van der Waals surface area contributed by atoms with E-state index in [1.54, 1.807) is 22.7 Å². The molecule has 0 atom stereocenters. The Bertz CT molecular complexity index is 547. The quantitative estimate of drug-likeness (QED) is 0.746. The Labute approximate surface area is 158 Å². The molecule has 5 heteroatoms. The van der Waals surface area contributed by atoms with Crippen molar-refractivity contribution in [3.05, 3.63) is 44.8 Å². The van der Waals surface area contributed by atoms with Crippen LogP contribution in [0.4, 0.5) is 0 Å². The second-order valence-electron chi connectivity index (χ2n) is 7.34. The molecule has 0 unspecified atom stereocenters. The maximum absolute atomic E-state index is 11.7. The number of hydrogen-bond acceptors (Lipinski definition) is 3. The Kier molecular flexibility index (Phi) is 6.12. The SMILES string of the molecule is C[N+](C)(C)C1CCC(C(O)(c2cccs2)c2cccs2)CC1.[Br-]. The van der Waals surface area contributed by atoms with Crippen molar-refractivity contribution in [2.24, 2.45) is 5.92 Å². The summed E-state index contributed by atoms with van der Waals surface area (Å²) < 4.78 is 1.03. The van der Waals surface area contributed by atoms with Crippen LogP contribution in [-0.2, 0) is 5.60 Å². The second-order valence-corrected chi connectivity index (χ2v) is 9.24. The van der Waals surface area contributed by atoms with Gasteiger partial charge in [0.2, 0.25) is 0 Å². The van der Waals surface area contributed by atoms with Crippen LogP contribution in [0.1, 0.15) is 35.4 Å². The van der Waals surface area contributed by atoms with Gasteiger partial charge in [0.05, 0.1) is 27.2 Å². The lowest BCUT2D eigenvalue weighted by molar-refractivity contribution is -0.897. The first kappa shape index (κ1) is 19.1. The summed E-state index contributed by atoms with van der Waals surface area (Å²) in [6, 6.07) is 9.01. The molecule has 1 N–H and O–H groups in total. The van der Waals surface area contributed by atoms with E-state index in [1.807, 2.05) is 0 Å². The summed E-state index contributed by atoms with van der Waals surface area (Å²) in [6.07, 6.45) is 4.61. The highest BCUT2D eigenvalue weighted by Gasteiger charge is 2.45. The van der Waals surface area contributed by atoms with Crippen molar-refractivity contribution >= 4 is 22.7 Å². The third-order valence-electron chi connectivity index (χ3n) is 5.18. The Morgan fingerprint density at radius 2 is 1.43 bits per heavy atom. The molecule has 23 heavy (non-hydrogen) atoms. The Hall–Kier alpha value is -0.200. The van der Waals surface area contributed by atoms with Gasteiger partial charge in [0.15, 0.2) is 0 Å². The van der Waals surface area contributed by atoms with E-state index in [4.69, 9.17) is 0 Å². The number of aliphatic hydroxyl groups is 1. The molecule has 0 aromatic carbocycles. The van der Waals surface area contributed by atoms with E-state index in [0.29, 0.717) is 12.0 Å². The van der Waals surface area contributed by atoms with Crippen molar-refractivity contribution in [1.29, 1.82) is 0 Å². The molecular weight excluding hydrogens is 390 g/mol. The van der Waals surface area contributed by atoms with Crippen LogP contribution >= 0.6 is 22.7 Å². The molecule has 0 amide bonds. The van der Waals surface area contributed by atoms with E-state index < -0.39 is 5.60 Å². The molecule has 1 saturated carbocycles. The van der Waals surface area contributed by atoms with Crippen molar-refractivity contribution in [1.82, 2.24) is 0 Å². The predicted octanol–water partition coefficient (Wildman–Crippen LogP) is 1.31. The van der Waals surface area contributed by atoms with Crippen LogP contribution in [0.15, 0.2) is 35.0 Å². The summed E-state index contributed by atoms with van der Waals surface area (Å²) in [5, 5.41) is 15.8. The molecule has 1 aliphatic carbocycles. The van der Waals surface area contributed by atoms with Crippen LogP contribution in [0, 0.1) is 5.92 Å². The molecular formula is C18H26BrNOS2. The summed E-state index contributed by atoms with van der Waals surface area (Å²) >= 11 is 3.36. The highest BCUT2D eigenvalue weighted by molar-refractivity contribution is 7.11.